The van der Waals surface area contributed by atoms with Crippen molar-refractivity contribution < 1.29 is 14.7 Å². The minimum Gasteiger partial charge on any atom is -0.481 e. The predicted octanol–water partition coefficient (Wildman–Crippen LogP) is 2.72. The molecule has 0 unspecified atom stereocenters. The molecule has 0 saturated carbocycles. The van der Waals surface area contributed by atoms with E-state index in [-0.39, 0.29) is 18.4 Å². The summed E-state index contributed by atoms with van der Waals surface area (Å²) in [6.07, 6.45) is 0.0312. The highest BCUT2D eigenvalue weighted by molar-refractivity contribution is 6.31. The second-order valence-electron chi connectivity index (χ2n) is 5.01. The third-order valence-electron chi connectivity index (χ3n) is 3.46. The molecule has 1 N–H and O–H groups in total. The standard InChI is InChI=1S/C14H16ClNO3/c1-8(2)16-12(17)7-10(14(18)19)13(16)9-5-3-4-6-11(9)15/h3-6,8,10,13H,7H2,1-2H3,(H,18,19)/t10-,13+/m0/s1. The van der Waals surface area contributed by atoms with Gasteiger partial charge in [-0.25, -0.2) is 0 Å². The first-order chi connectivity index (χ1) is 8.93. The maximum Gasteiger partial charge on any atom is 0.309 e. The van der Waals surface area contributed by atoms with Crippen LogP contribution in [0.4, 0.5) is 0 Å². The number of aliphatic carboxylic acids is 1. The first-order valence-corrected chi connectivity index (χ1v) is 6.59. The number of nitrogens with zero attached hydrogens (tertiary/aromatic N) is 1. The third kappa shape index (κ3) is 2.45. The van der Waals surface area contributed by atoms with Crippen LogP contribution < -0.4 is 0 Å². The number of halogens is 1. The van der Waals surface area contributed by atoms with E-state index < -0.39 is 17.9 Å². The van der Waals surface area contributed by atoms with Crippen LogP contribution in [0.2, 0.25) is 5.02 Å². The van der Waals surface area contributed by atoms with Gasteiger partial charge in [0.1, 0.15) is 0 Å². The fourth-order valence-electron chi connectivity index (χ4n) is 2.67. The van der Waals surface area contributed by atoms with E-state index in [0.717, 1.165) is 0 Å². The van der Waals surface area contributed by atoms with E-state index in [1.165, 1.54) is 0 Å². The number of carboxylic acids is 1. The molecule has 1 fully saturated rings. The molecular formula is C14H16ClNO3. The Morgan fingerprint density at radius 1 is 1.42 bits per heavy atom. The Balaban J connectivity index is 2.50. The second kappa shape index (κ2) is 5.21. The molecule has 1 saturated heterocycles. The van der Waals surface area contributed by atoms with Gasteiger partial charge in [-0.15, -0.1) is 0 Å². The van der Waals surface area contributed by atoms with Gasteiger partial charge in [-0.2, -0.15) is 0 Å². The topological polar surface area (TPSA) is 57.6 Å². The summed E-state index contributed by atoms with van der Waals surface area (Å²) in [6.45, 7) is 3.76. The van der Waals surface area contributed by atoms with Crippen LogP contribution in [0.3, 0.4) is 0 Å². The molecule has 1 amide bonds. The molecular weight excluding hydrogens is 266 g/mol. The van der Waals surface area contributed by atoms with Gasteiger partial charge in [-0.1, -0.05) is 29.8 Å². The Morgan fingerprint density at radius 3 is 2.58 bits per heavy atom. The second-order valence-corrected chi connectivity index (χ2v) is 5.42. The number of carbonyl (C=O) groups is 2. The lowest BCUT2D eigenvalue weighted by atomic mass is 9.93. The largest absolute Gasteiger partial charge is 0.481 e. The molecule has 0 radical (unpaired) electrons. The SMILES string of the molecule is CC(C)N1C(=O)C[C@H](C(=O)O)[C@H]1c1ccccc1Cl. The summed E-state index contributed by atoms with van der Waals surface area (Å²) in [5, 5.41) is 9.83. The van der Waals surface area contributed by atoms with Crippen molar-refractivity contribution in [1.82, 2.24) is 4.90 Å². The van der Waals surface area contributed by atoms with Crippen LogP contribution in [-0.2, 0) is 9.59 Å². The molecule has 0 aliphatic carbocycles. The summed E-state index contributed by atoms with van der Waals surface area (Å²) in [4.78, 5) is 25.1. The number of carboxylic acid groups (broad SMARTS) is 1. The summed E-state index contributed by atoms with van der Waals surface area (Å²) in [6, 6.07) is 6.56. The maximum atomic E-state index is 12.0. The summed E-state index contributed by atoms with van der Waals surface area (Å²) < 4.78 is 0. The molecule has 1 aromatic rings. The third-order valence-corrected chi connectivity index (χ3v) is 3.80. The molecule has 1 aromatic carbocycles. The maximum absolute atomic E-state index is 12.0. The number of hydrogen-bond acceptors (Lipinski definition) is 2. The van der Waals surface area contributed by atoms with Gasteiger partial charge in [0.25, 0.3) is 0 Å². The van der Waals surface area contributed by atoms with Crippen molar-refractivity contribution in [3.8, 4) is 0 Å². The van der Waals surface area contributed by atoms with Crippen LogP contribution in [0.5, 0.6) is 0 Å². The van der Waals surface area contributed by atoms with Crippen molar-refractivity contribution in [3.05, 3.63) is 34.9 Å². The first-order valence-electron chi connectivity index (χ1n) is 6.22. The van der Waals surface area contributed by atoms with Gasteiger partial charge in [-0.3, -0.25) is 9.59 Å². The van der Waals surface area contributed by atoms with Gasteiger partial charge < -0.3 is 10.0 Å². The summed E-state index contributed by atoms with van der Waals surface area (Å²) in [5.74, 6) is -1.83. The number of benzene rings is 1. The van der Waals surface area contributed by atoms with Crippen molar-refractivity contribution in [1.29, 1.82) is 0 Å². The highest BCUT2D eigenvalue weighted by atomic mass is 35.5. The molecule has 19 heavy (non-hydrogen) atoms. The van der Waals surface area contributed by atoms with E-state index in [1.807, 2.05) is 13.8 Å². The molecule has 0 bridgehead atoms. The zero-order chi connectivity index (χ0) is 14.2. The number of carbonyl (C=O) groups excluding carboxylic acids is 1. The van der Waals surface area contributed by atoms with Crippen LogP contribution >= 0.6 is 11.6 Å². The molecule has 4 nitrogen and oxygen atoms in total. The Labute approximate surface area is 117 Å². The van der Waals surface area contributed by atoms with Crippen molar-refractivity contribution in [3.63, 3.8) is 0 Å². The Kier molecular flexibility index (Phi) is 3.80. The first kappa shape index (κ1) is 13.9. The van der Waals surface area contributed by atoms with Gasteiger partial charge in [-0.05, 0) is 25.5 Å². The fraction of sp³-hybridized carbons (Fsp3) is 0.429. The van der Waals surface area contributed by atoms with E-state index in [9.17, 15) is 14.7 Å². The smallest absolute Gasteiger partial charge is 0.309 e. The van der Waals surface area contributed by atoms with Crippen molar-refractivity contribution in [2.24, 2.45) is 5.92 Å². The van der Waals surface area contributed by atoms with Crippen LogP contribution in [0, 0.1) is 5.92 Å². The van der Waals surface area contributed by atoms with Gasteiger partial charge in [0.05, 0.1) is 12.0 Å². The van der Waals surface area contributed by atoms with Crippen molar-refractivity contribution in [2.75, 3.05) is 0 Å². The lowest BCUT2D eigenvalue weighted by Gasteiger charge is -2.31. The van der Waals surface area contributed by atoms with E-state index in [0.29, 0.717) is 10.6 Å². The fourth-order valence-corrected chi connectivity index (χ4v) is 2.91. The average Bonchev–Trinajstić information content (AvgIpc) is 2.67. The average molecular weight is 282 g/mol. The van der Waals surface area contributed by atoms with Crippen LogP contribution in [0.25, 0.3) is 0 Å². The summed E-state index contributed by atoms with van der Waals surface area (Å²) in [7, 11) is 0. The van der Waals surface area contributed by atoms with Crippen LogP contribution in [0.15, 0.2) is 24.3 Å². The zero-order valence-corrected chi connectivity index (χ0v) is 11.6. The quantitative estimate of drug-likeness (QED) is 0.927. The normalized spacial score (nSPS) is 23.2. The lowest BCUT2D eigenvalue weighted by molar-refractivity contribution is -0.142. The molecule has 1 heterocycles. The van der Waals surface area contributed by atoms with E-state index in [4.69, 9.17) is 11.6 Å². The number of amides is 1. The molecule has 1 aliphatic heterocycles. The minimum absolute atomic E-state index is 0.0312. The highest BCUT2D eigenvalue weighted by Crippen LogP contribution is 2.41. The van der Waals surface area contributed by atoms with Crippen LogP contribution in [-0.4, -0.2) is 27.9 Å². The summed E-state index contributed by atoms with van der Waals surface area (Å²) in [5.41, 5.74) is 0.705. The van der Waals surface area contributed by atoms with Gasteiger partial charge >= 0.3 is 5.97 Å². The molecule has 5 heteroatoms. The molecule has 2 rings (SSSR count). The summed E-state index contributed by atoms with van der Waals surface area (Å²) >= 11 is 6.16. The number of hydrogen-bond donors (Lipinski definition) is 1. The Morgan fingerprint density at radius 2 is 2.05 bits per heavy atom. The molecule has 1 aliphatic rings. The Hall–Kier alpha value is -1.55. The number of likely N-dealkylation sites (tertiary alicyclic amines) is 1. The van der Waals surface area contributed by atoms with E-state index >= 15 is 0 Å². The van der Waals surface area contributed by atoms with Crippen LogP contribution in [0.1, 0.15) is 31.9 Å². The Bertz CT molecular complexity index is 515. The van der Waals surface area contributed by atoms with E-state index in [1.54, 1.807) is 29.2 Å². The van der Waals surface area contributed by atoms with E-state index in [2.05, 4.69) is 0 Å². The van der Waals surface area contributed by atoms with Gasteiger partial charge in [0.2, 0.25) is 5.91 Å². The lowest BCUT2D eigenvalue weighted by Crippen LogP contribution is -2.36. The van der Waals surface area contributed by atoms with Gasteiger partial charge in [0, 0.05) is 17.5 Å². The van der Waals surface area contributed by atoms with Crippen molar-refractivity contribution >= 4 is 23.5 Å². The predicted molar refractivity (Wildman–Crippen MR) is 71.9 cm³/mol. The van der Waals surface area contributed by atoms with Gasteiger partial charge in [0.15, 0.2) is 0 Å². The monoisotopic (exact) mass is 281 g/mol. The molecule has 102 valence electrons. The van der Waals surface area contributed by atoms with Crippen molar-refractivity contribution in [2.45, 2.75) is 32.4 Å². The molecule has 0 spiro atoms. The zero-order valence-electron chi connectivity index (χ0n) is 10.8. The molecule has 0 aromatic heterocycles. The number of rotatable bonds is 3. The molecule has 2 atom stereocenters. The highest BCUT2D eigenvalue weighted by Gasteiger charge is 2.46. The minimum atomic E-state index is -0.957.